The van der Waals surface area contributed by atoms with Gasteiger partial charge in [-0.2, -0.15) is 0 Å². The maximum absolute atomic E-state index is 13.9. The van der Waals surface area contributed by atoms with E-state index in [1.807, 2.05) is 38.1 Å². The number of halogens is 1. The van der Waals surface area contributed by atoms with E-state index >= 15 is 0 Å². The summed E-state index contributed by atoms with van der Waals surface area (Å²) in [6.45, 7) is 4.68. The molecule has 0 radical (unpaired) electrons. The molecule has 6 nitrogen and oxygen atoms in total. The van der Waals surface area contributed by atoms with E-state index in [0.29, 0.717) is 17.7 Å². The van der Waals surface area contributed by atoms with E-state index in [2.05, 4.69) is 16.1 Å². The summed E-state index contributed by atoms with van der Waals surface area (Å²) in [7, 11) is 0. The van der Waals surface area contributed by atoms with Crippen LogP contribution in [-0.4, -0.2) is 18.4 Å². The van der Waals surface area contributed by atoms with Gasteiger partial charge in [0.25, 0.3) is 5.91 Å². The molecule has 2 aliphatic heterocycles. The number of anilines is 2. The third kappa shape index (κ3) is 3.85. The van der Waals surface area contributed by atoms with Gasteiger partial charge in [-0.25, -0.2) is 14.8 Å². The van der Waals surface area contributed by atoms with Gasteiger partial charge in [0.1, 0.15) is 5.82 Å². The van der Waals surface area contributed by atoms with Gasteiger partial charge >= 0.3 is 0 Å². The normalized spacial score (nSPS) is 19.0. The fourth-order valence-corrected chi connectivity index (χ4v) is 4.42. The maximum Gasteiger partial charge on any atom is 0.251 e. The number of hydrogen-bond acceptors (Lipinski definition) is 4. The summed E-state index contributed by atoms with van der Waals surface area (Å²) in [5, 5.41) is 7.71. The van der Waals surface area contributed by atoms with E-state index in [0.717, 1.165) is 22.5 Å². The second-order valence-electron chi connectivity index (χ2n) is 8.61. The first kappa shape index (κ1) is 21.2. The van der Waals surface area contributed by atoms with Gasteiger partial charge in [-0.3, -0.25) is 9.59 Å². The zero-order chi connectivity index (χ0) is 23.1. The highest BCUT2D eigenvalue weighted by Gasteiger charge is 2.44. The lowest BCUT2D eigenvalue weighted by atomic mass is 9.88. The van der Waals surface area contributed by atoms with E-state index < -0.39 is 0 Å². The Bertz CT molecular complexity index is 1260. The summed E-state index contributed by atoms with van der Waals surface area (Å²) < 4.78 is 13.9. The first-order valence-electron chi connectivity index (χ1n) is 11.0. The van der Waals surface area contributed by atoms with E-state index in [1.165, 1.54) is 11.6 Å². The van der Waals surface area contributed by atoms with Gasteiger partial charge in [-0.1, -0.05) is 24.3 Å². The fourth-order valence-electron chi connectivity index (χ4n) is 4.42. The molecule has 0 spiro atoms. The second-order valence-corrected chi connectivity index (χ2v) is 8.61. The van der Waals surface area contributed by atoms with Crippen molar-refractivity contribution in [3.05, 3.63) is 94.3 Å². The number of carbonyl (C=O) groups excluding carboxylic acids is 2. The summed E-state index contributed by atoms with van der Waals surface area (Å²) in [5.41, 5.74) is 9.09. The highest BCUT2D eigenvalue weighted by molar-refractivity contribution is 5.99. The van der Waals surface area contributed by atoms with Crippen LogP contribution in [0.2, 0.25) is 0 Å². The zero-order valence-electron chi connectivity index (χ0n) is 18.5. The van der Waals surface area contributed by atoms with Crippen molar-refractivity contribution in [2.45, 2.75) is 26.4 Å². The number of hydrogen-bond donors (Lipinski definition) is 3. The minimum Gasteiger partial charge on any atom is -0.384 e. The predicted molar refractivity (Wildman–Crippen MR) is 125 cm³/mol. The van der Waals surface area contributed by atoms with Crippen molar-refractivity contribution in [3.63, 3.8) is 0 Å². The quantitative estimate of drug-likeness (QED) is 0.569. The molecule has 0 aromatic heterocycles. The van der Waals surface area contributed by atoms with Gasteiger partial charge in [-0.15, -0.1) is 0 Å². The van der Waals surface area contributed by atoms with Crippen molar-refractivity contribution >= 4 is 23.2 Å². The highest BCUT2D eigenvalue weighted by Crippen LogP contribution is 2.40. The van der Waals surface area contributed by atoms with E-state index in [-0.39, 0.29) is 36.1 Å². The molecule has 2 atom stereocenters. The van der Waals surface area contributed by atoms with Gasteiger partial charge in [0.15, 0.2) is 0 Å². The number of rotatable bonds is 4. The molecule has 0 saturated carbocycles. The van der Waals surface area contributed by atoms with Crippen LogP contribution in [0.1, 0.15) is 38.7 Å². The first-order chi connectivity index (χ1) is 15.9. The molecule has 33 heavy (non-hydrogen) atoms. The van der Waals surface area contributed by atoms with Gasteiger partial charge in [0, 0.05) is 29.9 Å². The third-order valence-electron chi connectivity index (χ3n) is 6.52. The highest BCUT2D eigenvalue weighted by atomic mass is 19.1. The minimum atomic E-state index is -0.351. The number of carbonyl (C=O) groups is 2. The van der Waals surface area contributed by atoms with Crippen molar-refractivity contribution in [2.75, 3.05) is 16.9 Å². The topological polar surface area (TPSA) is 73.5 Å². The number of benzene rings is 3. The fraction of sp³-hybridized carbons (Fsp3) is 0.231. The number of fused-ring (bicyclic) bond motifs is 3. The molecule has 0 aliphatic carbocycles. The Morgan fingerprint density at radius 2 is 1.91 bits per heavy atom. The summed E-state index contributed by atoms with van der Waals surface area (Å²) in [5.74, 6) is -0.930. The Balaban J connectivity index is 1.38. The van der Waals surface area contributed by atoms with Gasteiger partial charge in [-0.05, 0) is 66.9 Å². The van der Waals surface area contributed by atoms with Crippen molar-refractivity contribution in [1.29, 1.82) is 0 Å². The average Bonchev–Trinajstić information content (AvgIpc) is 3.16. The molecule has 1 fully saturated rings. The summed E-state index contributed by atoms with van der Waals surface area (Å²) >= 11 is 0. The molecule has 2 heterocycles. The molecule has 2 amide bonds. The van der Waals surface area contributed by atoms with Crippen molar-refractivity contribution < 1.29 is 14.0 Å². The van der Waals surface area contributed by atoms with Crippen LogP contribution < -0.4 is 21.1 Å². The Hall–Kier alpha value is -3.71. The van der Waals surface area contributed by atoms with Crippen LogP contribution in [0.5, 0.6) is 0 Å². The smallest absolute Gasteiger partial charge is 0.251 e. The van der Waals surface area contributed by atoms with Crippen molar-refractivity contribution in [3.8, 4) is 0 Å². The molecular formula is C26H25FN4O2. The van der Waals surface area contributed by atoms with E-state index in [9.17, 15) is 14.0 Å². The standard InChI is InChI=1S/C26H25FN4O2/c1-15-7-9-19(11-16(15)2)31-26(33)21-14-28-23-10-8-17(12-20(23)24(21)30-31)25(32)29-13-18-5-3-4-6-22(18)27/h3-12,21,24,28,30H,13-14H2,1-2H3,(H,29,32). The third-order valence-corrected chi connectivity index (χ3v) is 6.52. The van der Waals surface area contributed by atoms with E-state index in [1.54, 1.807) is 35.3 Å². The minimum absolute atomic E-state index is 0.00388. The van der Waals surface area contributed by atoms with Gasteiger partial charge in [0.2, 0.25) is 5.91 Å². The van der Waals surface area contributed by atoms with Gasteiger partial charge < -0.3 is 10.6 Å². The predicted octanol–water partition coefficient (Wildman–Crippen LogP) is 4.01. The molecule has 168 valence electrons. The van der Waals surface area contributed by atoms with Gasteiger partial charge in [0.05, 0.1) is 17.6 Å². The molecule has 3 N–H and O–H groups in total. The maximum atomic E-state index is 13.9. The Labute approximate surface area is 191 Å². The molecule has 1 saturated heterocycles. The Kier molecular flexibility index (Phi) is 5.34. The van der Waals surface area contributed by atoms with Crippen LogP contribution in [0.3, 0.4) is 0 Å². The summed E-state index contributed by atoms with van der Waals surface area (Å²) in [6, 6.07) is 17.5. The molecule has 2 aliphatic rings. The number of hydrazine groups is 1. The first-order valence-corrected chi connectivity index (χ1v) is 11.0. The number of aryl methyl sites for hydroxylation is 2. The molecule has 2 unspecified atom stereocenters. The summed E-state index contributed by atoms with van der Waals surface area (Å²) in [6.07, 6.45) is 0. The molecule has 5 rings (SSSR count). The molecule has 3 aromatic carbocycles. The SMILES string of the molecule is Cc1ccc(N2NC3c4cc(C(=O)NCc5ccccc5F)ccc4NCC3C2=O)cc1C. The lowest BCUT2D eigenvalue weighted by molar-refractivity contribution is -0.120. The van der Waals surface area contributed by atoms with E-state index in [4.69, 9.17) is 0 Å². The zero-order valence-corrected chi connectivity index (χ0v) is 18.5. The van der Waals surface area contributed by atoms with Crippen LogP contribution in [0.15, 0.2) is 60.7 Å². The second kappa shape index (κ2) is 8.33. The number of amides is 2. The number of nitrogens with zero attached hydrogens (tertiary/aromatic N) is 1. The van der Waals surface area contributed by atoms with Crippen molar-refractivity contribution in [1.82, 2.24) is 10.7 Å². The van der Waals surface area contributed by atoms with Crippen LogP contribution in [0, 0.1) is 25.6 Å². The van der Waals surface area contributed by atoms with Crippen LogP contribution in [0.4, 0.5) is 15.8 Å². The summed E-state index contributed by atoms with van der Waals surface area (Å²) in [4.78, 5) is 25.9. The molecule has 0 bridgehead atoms. The Morgan fingerprint density at radius 3 is 2.70 bits per heavy atom. The monoisotopic (exact) mass is 444 g/mol. The molecule has 7 heteroatoms. The largest absolute Gasteiger partial charge is 0.384 e. The lowest BCUT2D eigenvalue weighted by Gasteiger charge is -2.27. The lowest BCUT2D eigenvalue weighted by Crippen LogP contribution is -2.35. The van der Waals surface area contributed by atoms with Crippen LogP contribution in [-0.2, 0) is 11.3 Å². The molecular weight excluding hydrogens is 419 g/mol. The average molecular weight is 445 g/mol. The number of nitrogens with one attached hydrogen (secondary N) is 3. The van der Waals surface area contributed by atoms with Crippen LogP contribution >= 0.6 is 0 Å². The Morgan fingerprint density at radius 1 is 1.09 bits per heavy atom. The van der Waals surface area contributed by atoms with Crippen LogP contribution in [0.25, 0.3) is 0 Å². The van der Waals surface area contributed by atoms with Crippen molar-refractivity contribution in [2.24, 2.45) is 5.92 Å². The molecule has 3 aromatic rings.